The number of aryl methyl sites for hydroxylation is 1. The van der Waals surface area contributed by atoms with E-state index in [1.165, 1.54) is 22.7 Å². The number of hydrogen-bond acceptors (Lipinski definition) is 10. The van der Waals surface area contributed by atoms with Gasteiger partial charge in [0.15, 0.2) is 10.3 Å². The van der Waals surface area contributed by atoms with Crippen molar-refractivity contribution in [3.05, 3.63) is 34.0 Å². The van der Waals surface area contributed by atoms with Crippen LogP contribution < -0.4 is 16.4 Å². The van der Waals surface area contributed by atoms with E-state index in [4.69, 9.17) is 5.73 Å². The predicted molar refractivity (Wildman–Crippen MR) is 120 cm³/mol. The van der Waals surface area contributed by atoms with Crippen LogP contribution in [0.1, 0.15) is 23.5 Å². The Morgan fingerprint density at radius 3 is 2.58 bits per heavy atom. The third-order valence-electron chi connectivity index (χ3n) is 4.10. The van der Waals surface area contributed by atoms with Crippen molar-refractivity contribution in [1.82, 2.24) is 35.2 Å². The SMILES string of the molecule is CN(C)CCCn1cc(CNC(=O)Cc2csc(NC(=O)Cc3csc(N)n3)n2)nn1. The number of nitrogens with zero attached hydrogens (tertiary/aromatic N) is 6. The first-order valence-electron chi connectivity index (χ1n) is 9.62. The van der Waals surface area contributed by atoms with Crippen molar-refractivity contribution >= 4 is 44.8 Å². The number of nitrogens with one attached hydrogen (secondary N) is 2. The van der Waals surface area contributed by atoms with E-state index in [2.05, 4.69) is 35.8 Å². The summed E-state index contributed by atoms with van der Waals surface area (Å²) in [6, 6.07) is 0. The molecule has 0 unspecified atom stereocenters. The van der Waals surface area contributed by atoms with E-state index in [0.717, 1.165) is 19.5 Å². The van der Waals surface area contributed by atoms with E-state index in [9.17, 15) is 9.59 Å². The first-order chi connectivity index (χ1) is 14.9. The van der Waals surface area contributed by atoms with Crippen LogP contribution in [0.25, 0.3) is 0 Å². The van der Waals surface area contributed by atoms with Crippen LogP contribution in [-0.2, 0) is 35.5 Å². The molecule has 0 aromatic carbocycles. The third kappa shape index (κ3) is 7.70. The van der Waals surface area contributed by atoms with Crippen molar-refractivity contribution in [2.45, 2.75) is 32.4 Å². The van der Waals surface area contributed by atoms with E-state index in [-0.39, 0.29) is 24.7 Å². The topological polar surface area (TPSA) is 144 Å². The van der Waals surface area contributed by atoms with Crippen molar-refractivity contribution in [2.24, 2.45) is 0 Å². The van der Waals surface area contributed by atoms with Crippen LogP contribution in [0.5, 0.6) is 0 Å². The third-order valence-corrected chi connectivity index (χ3v) is 5.63. The zero-order chi connectivity index (χ0) is 22.2. The number of hydrogen-bond donors (Lipinski definition) is 3. The van der Waals surface area contributed by atoms with Crippen molar-refractivity contribution in [2.75, 3.05) is 31.7 Å². The Hall–Kier alpha value is -2.90. The number of amides is 2. The minimum Gasteiger partial charge on any atom is -0.375 e. The van der Waals surface area contributed by atoms with E-state index in [0.29, 0.717) is 33.9 Å². The highest BCUT2D eigenvalue weighted by atomic mass is 32.1. The van der Waals surface area contributed by atoms with Gasteiger partial charge in [-0.3, -0.25) is 14.3 Å². The van der Waals surface area contributed by atoms with Gasteiger partial charge in [-0.15, -0.1) is 27.8 Å². The maximum Gasteiger partial charge on any atom is 0.232 e. The quantitative estimate of drug-likeness (QED) is 0.378. The molecular weight excluding hydrogens is 438 g/mol. The molecule has 3 aromatic rings. The highest BCUT2D eigenvalue weighted by Crippen LogP contribution is 2.17. The second kappa shape index (κ2) is 10.9. The first kappa shape index (κ1) is 22.8. The number of anilines is 2. The molecule has 0 fully saturated rings. The van der Waals surface area contributed by atoms with Crippen molar-refractivity contribution in [3.63, 3.8) is 0 Å². The van der Waals surface area contributed by atoms with Gasteiger partial charge in [-0.25, -0.2) is 9.97 Å². The summed E-state index contributed by atoms with van der Waals surface area (Å²) in [5, 5.41) is 18.0. The number of rotatable bonds is 11. The molecule has 0 atom stereocenters. The highest BCUT2D eigenvalue weighted by Gasteiger charge is 2.12. The van der Waals surface area contributed by atoms with Crippen LogP contribution in [0.4, 0.5) is 10.3 Å². The summed E-state index contributed by atoms with van der Waals surface area (Å²) >= 11 is 2.56. The Morgan fingerprint density at radius 1 is 1.10 bits per heavy atom. The summed E-state index contributed by atoms with van der Waals surface area (Å²) in [6.45, 7) is 2.06. The monoisotopic (exact) mass is 463 g/mol. The largest absolute Gasteiger partial charge is 0.375 e. The summed E-state index contributed by atoms with van der Waals surface area (Å²) < 4.78 is 1.78. The summed E-state index contributed by atoms with van der Waals surface area (Å²) in [4.78, 5) is 34.7. The average Bonchev–Trinajstić information content (AvgIpc) is 3.42. The predicted octanol–water partition coefficient (Wildman–Crippen LogP) is 0.765. The molecule has 0 aliphatic heterocycles. The van der Waals surface area contributed by atoms with Crippen LogP contribution in [0.15, 0.2) is 17.0 Å². The van der Waals surface area contributed by atoms with Crippen LogP contribution in [0.3, 0.4) is 0 Å². The molecule has 3 rings (SSSR count). The fourth-order valence-corrected chi connectivity index (χ4v) is 3.96. The number of aromatic nitrogens is 5. The lowest BCUT2D eigenvalue weighted by molar-refractivity contribution is -0.120. The van der Waals surface area contributed by atoms with Gasteiger partial charge in [-0.2, -0.15) is 0 Å². The molecule has 0 saturated carbocycles. The summed E-state index contributed by atoms with van der Waals surface area (Å²) in [5.41, 5.74) is 7.47. The molecule has 3 heterocycles. The molecule has 11 nitrogen and oxygen atoms in total. The molecule has 0 bridgehead atoms. The second-order valence-electron chi connectivity index (χ2n) is 7.13. The van der Waals surface area contributed by atoms with Gasteiger partial charge < -0.3 is 21.3 Å². The highest BCUT2D eigenvalue weighted by molar-refractivity contribution is 7.14. The van der Waals surface area contributed by atoms with Crippen molar-refractivity contribution in [3.8, 4) is 0 Å². The van der Waals surface area contributed by atoms with Crippen LogP contribution in [0, 0.1) is 0 Å². The second-order valence-corrected chi connectivity index (χ2v) is 8.88. The van der Waals surface area contributed by atoms with Gasteiger partial charge in [0.25, 0.3) is 0 Å². The van der Waals surface area contributed by atoms with E-state index >= 15 is 0 Å². The number of nitrogen functional groups attached to an aromatic ring is 1. The van der Waals surface area contributed by atoms with Crippen LogP contribution >= 0.6 is 22.7 Å². The van der Waals surface area contributed by atoms with E-state index < -0.39 is 0 Å². The fourth-order valence-electron chi connectivity index (χ4n) is 2.67. The van der Waals surface area contributed by atoms with E-state index in [1.807, 2.05) is 20.3 Å². The summed E-state index contributed by atoms with van der Waals surface area (Å²) in [6.07, 6.45) is 3.05. The molecular formula is C18H25N9O2S2. The molecule has 13 heteroatoms. The first-order valence-corrected chi connectivity index (χ1v) is 11.4. The zero-order valence-electron chi connectivity index (χ0n) is 17.4. The van der Waals surface area contributed by atoms with Crippen molar-refractivity contribution in [1.29, 1.82) is 0 Å². The maximum absolute atomic E-state index is 12.2. The molecule has 0 spiro atoms. The standard InChI is InChI=1S/C18H25N9O2S2/c1-26(2)4-3-5-27-9-14(24-25-27)8-20-15(28)6-13-11-31-18(22-13)23-16(29)7-12-10-30-17(19)21-12/h9-11H,3-8H2,1-2H3,(H2,19,21)(H,20,28)(H,22,23,29). The number of carbonyl (C=O) groups is 2. The molecule has 3 aromatic heterocycles. The fraction of sp³-hybridized carbons (Fsp3) is 0.444. The van der Waals surface area contributed by atoms with Gasteiger partial charge in [0.05, 0.1) is 37.0 Å². The van der Waals surface area contributed by atoms with Crippen molar-refractivity contribution < 1.29 is 9.59 Å². The number of thiazole rings is 2. The molecule has 0 aliphatic carbocycles. The zero-order valence-corrected chi connectivity index (χ0v) is 19.0. The Morgan fingerprint density at radius 2 is 1.84 bits per heavy atom. The van der Waals surface area contributed by atoms with Gasteiger partial charge in [0, 0.05) is 17.3 Å². The number of carbonyl (C=O) groups excluding carboxylic acids is 2. The molecule has 4 N–H and O–H groups in total. The van der Waals surface area contributed by atoms with Gasteiger partial charge in [0.1, 0.15) is 5.69 Å². The Kier molecular flexibility index (Phi) is 8.03. The average molecular weight is 464 g/mol. The van der Waals surface area contributed by atoms with Gasteiger partial charge in [-0.05, 0) is 27.1 Å². The summed E-state index contributed by atoms with van der Waals surface area (Å²) in [7, 11) is 4.06. The minimum absolute atomic E-state index is 0.117. The molecule has 2 amide bonds. The molecule has 166 valence electrons. The van der Waals surface area contributed by atoms with Crippen LogP contribution in [-0.4, -0.2) is 62.3 Å². The normalized spacial score (nSPS) is 11.1. The maximum atomic E-state index is 12.2. The Bertz CT molecular complexity index is 1010. The summed E-state index contributed by atoms with van der Waals surface area (Å²) in [5.74, 6) is -0.410. The minimum atomic E-state index is -0.232. The molecule has 0 saturated heterocycles. The van der Waals surface area contributed by atoms with E-state index in [1.54, 1.807) is 15.4 Å². The molecule has 0 radical (unpaired) electrons. The lowest BCUT2D eigenvalue weighted by atomic mass is 10.3. The number of nitrogens with two attached hydrogens (primary N) is 1. The van der Waals surface area contributed by atoms with Crippen LogP contribution in [0.2, 0.25) is 0 Å². The Balaban J connectivity index is 1.39. The van der Waals surface area contributed by atoms with Gasteiger partial charge in [0.2, 0.25) is 11.8 Å². The molecule has 0 aliphatic rings. The molecule has 31 heavy (non-hydrogen) atoms. The lowest BCUT2D eigenvalue weighted by Crippen LogP contribution is -2.25. The Labute approximate surface area is 187 Å². The smallest absolute Gasteiger partial charge is 0.232 e. The van der Waals surface area contributed by atoms with Gasteiger partial charge in [-0.1, -0.05) is 5.21 Å². The lowest BCUT2D eigenvalue weighted by Gasteiger charge is -2.08. The van der Waals surface area contributed by atoms with Gasteiger partial charge >= 0.3 is 0 Å².